The zero-order valence-electron chi connectivity index (χ0n) is 8.31. The first-order valence-corrected chi connectivity index (χ1v) is 5.73. The maximum atomic E-state index is 11.8. The highest BCUT2D eigenvalue weighted by Crippen LogP contribution is 2.32. The van der Waals surface area contributed by atoms with Crippen molar-refractivity contribution in [3.8, 4) is 0 Å². The summed E-state index contributed by atoms with van der Waals surface area (Å²) in [5, 5.41) is 4.81. The lowest BCUT2D eigenvalue weighted by atomic mass is 10.1. The first-order valence-electron chi connectivity index (χ1n) is 4.85. The zero-order chi connectivity index (χ0) is 11.0. The van der Waals surface area contributed by atoms with Crippen LogP contribution in [0.3, 0.4) is 0 Å². The molecule has 0 saturated carbocycles. The number of hydrogen-bond donors (Lipinski definition) is 1. The van der Waals surface area contributed by atoms with Crippen molar-refractivity contribution < 1.29 is 4.79 Å². The highest BCUT2D eigenvalue weighted by atomic mass is 32.1. The number of rotatable bonds is 1. The Kier molecular flexibility index (Phi) is 2.08. The highest BCUT2D eigenvalue weighted by molar-refractivity contribution is 7.11. The maximum Gasteiger partial charge on any atom is 0.256 e. The molecule has 0 fully saturated rings. The average Bonchev–Trinajstić information content (AvgIpc) is 2.89. The number of anilines is 1. The molecule has 0 saturated heterocycles. The first-order chi connectivity index (χ1) is 7.84. The summed E-state index contributed by atoms with van der Waals surface area (Å²) in [7, 11) is 0. The topological polar surface area (TPSA) is 42.0 Å². The van der Waals surface area contributed by atoms with Gasteiger partial charge >= 0.3 is 0 Å². The SMILES string of the molecule is O=C1Nc2ccncc2C1=Cc1cccs1. The van der Waals surface area contributed by atoms with Gasteiger partial charge in [-0.05, 0) is 23.6 Å². The minimum absolute atomic E-state index is 0.0589. The molecule has 0 unspecified atom stereocenters. The van der Waals surface area contributed by atoms with Crippen LogP contribution in [0.1, 0.15) is 10.4 Å². The molecule has 1 aliphatic heterocycles. The van der Waals surface area contributed by atoms with Crippen LogP contribution >= 0.6 is 11.3 Å². The van der Waals surface area contributed by atoms with E-state index in [0.717, 1.165) is 16.1 Å². The van der Waals surface area contributed by atoms with Gasteiger partial charge in [0, 0.05) is 22.8 Å². The molecule has 0 spiro atoms. The van der Waals surface area contributed by atoms with Gasteiger partial charge in [0.15, 0.2) is 0 Å². The Balaban J connectivity index is 2.12. The Bertz CT molecular complexity index is 572. The van der Waals surface area contributed by atoms with Crippen LogP contribution in [-0.2, 0) is 4.79 Å². The molecule has 0 aliphatic carbocycles. The Morgan fingerprint density at radius 1 is 1.38 bits per heavy atom. The molecule has 4 heteroatoms. The molecule has 16 heavy (non-hydrogen) atoms. The lowest BCUT2D eigenvalue weighted by Crippen LogP contribution is -2.03. The molecule has 0 aromatic carbocycles. The van der Waals surface area contributed by atoms with E-state index >= 15 is 0 Å². The van der Waals surface area contributed by atoms with E-state index in [0.29, 0.717) is 5.57 Å². The third kappa shape index (κ3) is 1.44. The molecular weight excluding hydrogens is 220 g/mol. The largest absolute Gasteiger partial charge is 0.321 e. The summed E-state index contributed by atoms with van der Waals surface area (Å²) in [4.78, 5) is 16.9. The molecule has 2 aromatic rings. The number of carbonyl (C=O) groups is 1. The van der Waals surface area contributed by atoms with Crippen molar-refractivity contribution in [3.05, 3.63) is 46.4 Å². The number of nitrogens with one attached hydrogen (secondary N) is 1. The summed E-state index contributed by atoms with van der Waals surface area (Å²) in [5.41, 5.74) is 2.40. The van der Waals surface area contributed by atoms with Crippen LogP contribution in [-0.4, -0.2) is 10.9 Å². The molecule has 1 N–H and O–H groups in total. The van der Waals surface area contributed by atoms with Gasteiger partial charge in [0.1, 0.15) is 0 Å². The Morgan fingerprint density at radius 3 is 3.12 bits per heavy atom. The van der Waals surface area contributed by atoms with Crippen LogP contribution in [0.4, 0.5) is 5.69 Å². The van der Waals surface area contributed by atoms with Gasteiger partial charge in [0.25, 0.3) is 5.91 Å². The highest BCUT2D eigenvalue weighted by Gasteiger charge is 2.23. The Labute approximate surface area is 96.5 Å². The fourth-order valence-electron chi connectivity index (χ4n) is 1.69. The van der Waals surface area contributed by atoms with Crippen LogP contribution in [0.15, 0.2) is 36.0 Å². The molecule has 1 amide bonds. The van der Waals surface area contributed by atoms with E-state index in [-0.39, 0.29) is 5.91 Å². The third-order valence-electron chi connectivity index (χ3n) is 2.43. The molecule has 3 nitrogen and oxygen atoms in total. The molecule has 3 heterocycles. The van der Waals surface area contributed by atoms with Gasteiger partial charge in [-0.15, -0.1) is 11.3 Å². The standard InChI is InChI=1S/C12H8N2OS/c15-12-9(6-8-2-1-5-16-8)10-7-13-4-3-11(10)14-12/h1-7H,(H,14,15). The monoisotopic (exact) mass is 228 g/mol. The minimum Gasteiger partial charge on any atom is -0.321 e. The molecule has 0 atom stereocenters. The number of hydrogen-bond acceptors (Lipinski definition) is 3. The van der Waals surface area contributed by atoms with Crippen LogP contribution in [0.5, 0.6) is 0 Å². The summed E-state index contributed by atoms with van der Waals surface area (Å²) in [6.45, 7) is 0. The van der Waals surface area contributed by atoms with Crippen LogP contribution in [0.25, 0.3) is 11.6 Å². The van der Waals surface area contributed by atoms with Crippen molar-refractivity contribution >= 4 is 34.6 Å². The number of aromatic nitrogens is 1. The van der Waals surface area contributed by atoms with Gasteiger partial charge in [0.05, 0.1) is 11.3 Å². The predicted octanol–water partition coefficient (Wildman–Crippen LogP) is 2.64. The van der Waals surface area contributed by atoms with E-state index in [1.165, 1.54) is 0 Å². The quantitative estimate of drug-likeness (QED) is 0.762. The predicted molar refractivity (Wildman–Crippen MR) is 65.1 cm³/mol. The summed E-state index contributed by atoms with van der Waals surface area (Å²) in [6, 6.07) is 5.76. The van der Waals surface area contributed by atoms with Crippen molar-refractivity contribution in [2.45, 2.75) is 0 Å². The van der Waals surface area contributed by atoms with Crippen molar-refractivity contribution in [2.75, 3.05) is 5.32 Å². The maximum absolute atomic E-state index is 11.8. The van der Waals surface area contributed by atoms with Crippen LogP contribution < -0.4 is 5.32 Å². The van der Waals surface area contributed by atoms with E-state index in [1.54, 1.807) is 23.7 Å². The van der Waals surface area contributed by atoms with E-state index in [4.69, 9.17) is 0 Å². The van der Waals surface area contributed by atoms with Crippen molar-refractivity contribution in [1.29, 1.82) is 0 Å². The third-order valence-corrected chi connectivity index (χ3v) is 3.25. The van der Waals surface area contributed by atoms with Gasteiger partial charge < -0.3 is 5.32 Å². The smallest absolute Gasteiger partial charge is 0.256 e. The number of fused-ring (bicyclic) bond motifs is 1. The van der Waals surface area contributed by atoms with E-state index in [1.807, 2.05) is 29.7 Å². The summed E-state index contributed by atoms with van der Waals surface area (Å²) in [6.07, 6.45) is 5.29. The fraction of sp³-hybridized carbons (Fsp3) is 0. The van der Waals surface area contributed by atoms with E-state index in [9.17, 15) is 4.79 Å². The molecule has 78 valence electrons. The minimum atomic E-state index is -0.0589. The first kappa shape index (κ1) is 9.30. The Hall–Kier alpha value is -1.94. The number of carbonyl (C=O) groups excluding carboxylic acids is 1. The zero-order valence-corrected chi connectivity index (χ0v) is 9.12. The van der Waals surface area contributed by atoms with Crippen LogP contribution in [0.2, 0.25) is 0 Å². The fourth-order valence-corrected chi connectivity index (χ4v) is 2.35. The molecule has 0 bridgehead atoms. The lowest BCUT2D eigenvalue weighted by molar-refractivity contribution is -0.110. The second-order valence-corrected chi connectivity index (χ2v) is 4.43. The number of amides is 1. The average molecular weight is 228 g/mol. The van der Waals surface area contributed by atoms with Gasteiger partial charge in [-0.25, -0.2) is 0 Å². The van der Waals surface area contributed by atoms with Gasteiger partial charge in [0.2, 0.25) is 0 Å². The lowest BCUT2D eigenvalue weighted by Gasteiger charge is -1.94. The van der Waals surface area contributed by atoms with Crippen molar-refractivity contribution in [3.63, 3.8) is 0 Å². The molecule has 2 aromatic heterocycles. The second-order valence-electron chi connectivity index (χ2n) is 3.45. The molecular formula is C12H8N2OS. The molecule has 0 radical (unpaired) electrons. The second kappa shape index (κ2) is 3.57. The Morgan fingerprint density at radius 2 is 2.31 bits per heavy atom. The van der Waals surface area contributed by atoms with Crippen molar-refractivity contribution in [2.24, 2.45) is 0 Å². The van der Waals surface area contributed by atoms with Gasteiger partial charge in [-0.1, -0.05) is 6.07 Å². The van der Waals surface area contributed by atoms with Gasteiger partial charge in [-0.2, -0.15) is 0 Å². The van der Waals surface area contributed by atoms with E-state index < -0.39 is 0 Å². The number of thiophene rings is 1. The summed E-state index contributed by atoms with van der Waals surface area (Å²) in [5.74, 6) is -0.0589. The normalized spacial score (nSPS) is 16.2. The van der Waals surface area contributed by atoms with Crippen molar-refractivity contribution in [1.82, 2.24) is 4.98 Å². The molecule has 3 rings (SSSR count). The summed E-state index contributed by atoms with van der Waals surface area (Å²) >= 11 is 1.61. The number of pyridine rings is 1. The van der Waals surface area contributed by atoms with Gasteiger partial charge in [-0.3, -0.25) is 9.78 Å². The van der Waals surface area contributed by atoms with E-state index in [2.05, 4.69) is 10.3 Å². The van der Waals surface area contributed by atoms with Crippen LogP contribution in [0, 0.1) is 0 Å². The molecule has 1 aliphatic rings. The summed E-state index contributed by atoms with van der Waals surface area (Å²) < 4.78 is 0. The number of nitrogens with zero attached hydrogens (tertiary/aromatic N) is 1.